The Bertz CT molecular complexity index is 979. The second-order valence-corrected chi connectivity index (χ2v) is 7.44. The van der Waals surface area contributed by atoms with E-state index in [9.17, 15) is 0 Å². The molecule has 0 fully saturated rings. The van der Waals surface area contributed by atoms with Crippen LogP contribution >= 0.6 is 11.3 Å². The van der Waals surface area contributed by atoms with Gasteiger partial charge in [-0.05, 0) is 29.8 Å². The number of ether oxygens (including phenoxy) is 5. The van der Waals surface area contributed by atoms with E-state index in [2.05, 4.69) is 10.3 Å². The fourth-order valence-corrected chi connectivity index (χ4v) is 3.99. The normalized spacial score (nSPS) is 12.1. The van der Waals surface area contributed by atoms with Crippen LogP contribution in [0.4, 0.5) is 0 Å². The predicted octanol–water partition coefficient (Wildman–Crippen LogP) is 3.85. The third-order valence-electron chi connectivity index (χ3n) is 4.55. The van der Waals surface area contributed by atoms with Gasteiger partial charge in [0.15, 0.2) is 23.0 Å². The zero-order valence-electron chi connectivity index (χ0n) is 16.5. The van der Waals surface area contributed by atoms with Crippen molar-refractivity contribution in [1.82, 2.24) is 10.3 Å². The number of fused-ring (bicyclic) bond motifs is 1. The van der Waals surface area contributed by atoms with E-state index in [0.717, 1.165) is 39.1 Å². The number of rotatable bonds is 8. The Hall–Kier alpha value is -2.97. The Morgan fingerprint density at radius 2 is 1.72 bits per heavy atom. The summed E-state index contributed by atoms with van der Waals surface area (Å²) < 4.78 is 27.0. The number of thiazole rings is 1. The summed E-state index contributed by atoms with van der Waals surface area (Å²) in [5.74, 6) is 3.41. The summed E-state index contributed by atoms with van der Waals surface area (Å²) in [4.78, 5) is 5.57. The Morgan fingerprint density at radius 3 is 2.45 bits per heavy atom. The molecule has 8 heteroatoms. The van der Waals surface area contributed by atoms with Gasteiger partial charge in [0.05, 0.1) is 26.2 Å². The maximum absolute atomic E-state index is 5.44. The Kier molecular flexibility index (Phi) is 5.73. The van der Waals surface area contributed by atoms with E-state index in [-0.39, 0.29) is 6.79 Å². The highest BCUT2D eigenvalue weighted by atomic mass is 32.1. The third-order valence-corrected chi connectivity index (χ3v) is 5.59. The van der Waals surface area contributed by atoms with Crippen molar-refractivity contribution in [3.8, 4) is 39.2 Å². The van der Waals surface area contributed by atoms with E-state index in [1.54, 1.807) is 32.7 Å². The molecule has 1 aliphatic heterocycles. The lowest BCUT2D eigenvalue weighted by Gasteiger charge is -2.13. The quantitative estimate of drug-likeness (QED) is 0.600. The van der Waals surface area contributed by atoms with E-state index < -0.39 is 0 Å². The molecule has 3 aromatic rings. The molecule has 1 aromatic heterocycles. The fourth-order valence-electron chi connectivity index (χ4n) is 3.11. The number of benzene rings is 2. The highest BCUT2D eigenvalue weighted by molar-refractivity contribution is 7.15. The predicted molar refractivity (Wildman–Crippen MR) is 110 cm³/mol. The molecule has 29 heavy (non-hydrogen) atoms. The third kappa shape index (κ3) is 4.08. The minimum atomic E-state index is 0.287. The van der Waals surface area contributed by atoms with Crippen LogP contribution in [0.1, 0.15) is 10.6 Å². The molecule has 0 unspecified atom stereocenters. The van der Waals surface area contributed by atoms with Crippen molar-refractivity contribution in [3.63, 3.8) is 0 Å². The topological polar surface area (TPSA) is 71.1 Å². The van der Waals surface area contributed by atoms with Crippen LogP contribution in [0.3, 0.4) is 0 Å². The maximum atomic E-state index is 5.44. The first-order valence-corrected chi connectivity index (χ1v) is 9.87. The van der Waals surface area contributed by atoms with Crippen LogP contribution in [0.25, 0.3) is 10.4 Å². The molecular weight excluding hydrogens is 392 g/mol. The van der Waals surface area contributed by atoms with Gasteiger partial charge in [-0.25, -0.2) is 4.98 Å². The number of hydrogen-bond donors (Lipinski definition) is 1. The van der Waals surface area contributed by atoms with E-state index in [0.29, 0.717) is 23.8 Å². The molecule has 2 heterocycles. The lowest BCUT2D eigenvalue weighted by atomic mass is 10.1. The second kappa shape index (κ2) is 8.59. The zero-order chi connectivity index (χ0) is 20.2. The van der Waals surface area contributed by atoms with Gasteiger partial charge >= 0.3 is 0 Å². The molecule has 0 aliphatic carbocycles. The highest BCUT2D eigenvalue weighted by Crippen LogP contribution is 2.42. The van der Waals surface area contributed by atoms with Crippen molar-refractivity contribution >= 4 is 11.3 Å². The molecule has 0 atom stereocenters. The number of methoxy groups -OCH3 is 3. The molecule has 0 radical (unpaired) electrons. The van der Waals surface area contributed by atoms with Gasteiger partial charge in [0.2, 0.25) is 12.5 Å². The van der Waals surface area contributed by atoms with Crippen LogP contribution in [0.2, 0.25) is 0 Å². The molecule has 1 N–H and O–H groups in total. The average Bonchev–Trinajstić information content (AvgIpc) is 3.41. The summed E-state index contributed by atoms with van der Waals surface area (Å²) in [6.07, 6.45) is 1.86. The Morgan fingerprint density at radius 1 is 0.966 bits per heavy atom. The van der Waals surface area contributed by atoms with Crippen molar-refractivity contribution in [3.05, 3.63) is 47.1 Å². The largest absolute Gasteiger partial charge is 0.493 e. The minimum Gasteiger partial charge on any atom is -0.493 e. The first-order chi connectivity index (χ1) is 14.2. The lowest BCUT2D eigenvalue weighted by Crippen LogP contribution is -2.12. The van der Waals surface area contributed by atoms with Crippen LogP contribution in [0.5, 0.6) is 28.7 Å². The summed E-state index contributed by atoms with van der Waals surface area (Å²) in [6.45, 7) is 1.67. The van der Waals surface area contributed by atoms with Crippen molar-refractivity contribution in [2.24, 2.45) is 0 Å². The van der Waals surface area contributed by atoms with Crippen LogP contribution < -0.4 is 29.0 Å². The molecule has 152 valence electrons. The number of nitrogens with zero attached hydrogens (tertiary/aromatic N) is 1. The molecule has 0 bridgehead atoms. The van der Waals surface area contributed by atoms with E-state index >= 15 is 0 Å². The summed E-state index contributed by atoms with van der Waals surface area (Å²) >= 11 is 1.62. The number of aromatic nitrogens is 1. The van der Waals surface area contributed by atoms with Crippen molar-refractivity contribution < 1.29 is 23.7 Å². The summed E-state index contributed by atoms with van der Waals surface area (Å²) in [5.41, 5.74) is 2.11. The summed E-state index contributed by atoms with van der Waals surface area (Å²) in [6, 6.07) is 9.82. The van der Waals surface area contributed by atoms with Crippen LogP contribution in [-0.4, -0.2) is 33.1 Å². The Labute approximate surface area is 173 Å². The molecule has 0 saturated carbocycles. The fraction of sp³-hybridized carbons (Fsp3) is 0.286. The van der Waals surface area contributed by atoms with E-state index in [1.165, 1.54) is 0 Å². The van der Waals surface area contributed by atoms with Gasteiger partial charge in [-0.2, -0.15) is 0 Å². The molecular formula is C21H22N2O5S. The maximum Gasteiger partial charge on any atom is 0.231 e. The van der Waals surface area contributed by atoms with Crippen molar-refractivity contribution in [2.75, 3.05) is 28.1 Å². The smallest absolute Gasteiger partial charge is 0.231 e. The lowest BCUT2D eigenvalue weighted by molar-refractivity contribution is 0.174. The molecule has 0 saturated heterocycles. The number of hydrogen-bond acceptors (Lipinski definition) is 8. The van der Waals surface area contributed by atoms with Gasteiger partial charge in [-0.1, -0.05) is 6.07 Å². The van der Waals surface area contributed by atoms with Gasteiger partial charge in [0, 0.05) is 24.8 Å². The first-order valence-electron chi connectivity index (χ1n) is 9.06. The summed E-state index contributed by atoms with van der Waals surface area (Å²) in [5, 5.41) is 4.41. The second-order valence-electron chi connectivity index (χ2n) is 6.32. The van der Waals surface area contributed by atoms with Crippen LogP contribution in [-0.2, 0) is 13.1 Å². The van der Waals surface area contributed by atoms with Crippen LogP contribution in [0.15, 0.2) is 36.5 Å². The average molecular weight is 414 g/mol. The summed E-state index contributed by atoms with van der Waals surface area (Å²) in [7, 11) is 4.81. The van der Waals surface area contributed by atoms with Crippen molar-refractivity contribution in [1.29, 1.82) is 0 Å². The van der Waals surface area contributed by atoms with E-state index in [1.807, 2.05) is 36.5 Å². The van der Waals surface area contributed by atoms with Gasteiger partial charge in [0.25, 0.3) is 0 Å². The van der Waals surface area contributed by atoms with Gasteiger partial charge < -0.3 is 29.0 Å². The molecule has 2 aromatic carbocycles. The highest BCUT2D eigenvalue weighted by Gasteiger charge is 2.16. The zero-order valence-corrected chi connectivity index (χ0v) is 17.3. The SMILES string of the molecule is COc1cc(-c2cnc(CNCc3ccc4c(c3)OCO4)s2)cc(OC)c1OC. The van der Waals surface area contributed by atoms with Gasteiger partial charge in [-0.3, -0.25) is 0 Å². The monoisotopic (exact) mass is 414 g/mol. The molecule has 0 spiro atoms. The van der Waals surface area contributed by atoms with E-state index in [4.69, 9.17) is 23.7 Å². The van der Waals surface area contributed by atoms with Gasteiger partial charge in [0.1, 0.15) is 5.01 Å². The van der Waals surface area contributed by atoms with Crippen molar-refractivity contribution in [2.45, 2.75) is 13.1 Å². The molecule has 1 aliphatic rings. The molecule has 0 amide bonds. The van der Waals surface area contributed by atoms with Crippen LogP contribution in [0, 0.1) is 0 Å². The molecule has 4 rings (SSSR count). The number of nitrogens with one attached hydrogen (secondary N) is 1. The minimum absolute atomic E-state index is 0.287. The first kappa shape index (κ1) is 19.4. The molecule has 7 nitrogen and oxygen atoms in total. The standard InChI is InChI=1S/C21H22N2O5S/c1-24-17-7-14(8-18(25-2)21(17)26-3)19-10-23-20(29-19)11-22-9-13-4-5-15-16(6-13)28-12-27-15/h4-8,10,22H,9,11-12H2,1-3H3. The van der Waals surface area contributed by atoms with Gasteiger partial charge in [-0.15, -0.1) is 11.3 Å². The Balaban J connectivity index is 1.43.